The Morgan fingerprint density at radius 3 is 2.27 bits per heavy atom. The van der Waals surface area contributed by atoms with Gasteiger partial charge in [-0.25, -0.2) is 0 Å². The van der Waals surface area contributed by atoms with Gasteiger partial charge in [-0.15, -0.1) is 0 Å². The summed E-state index contributed by atoms with van der Waals surface area (Å²) >= 11 is 0. The van der Waals surface area contributed by atoms with E-state index < -0.39 is 0 Å². The molecule has 1 saturated heterocycles. The molecular formula is C22H35N3O. The molecule has 26 heavy (non-hydrogen) atoms. The highest BCUT2D eigenvalue weighted by Gasteiger charge is 2.28. The van der Waals surface area contributed by atoms with E-state index in [4.69, 9.17) is 0 Å². The van der Waals surface area contributed by atoms with Crippen LogP contribution in [0, 0.1) is 12.8 Å². The Balaban J connectivity index is 1.60. The molecule has 1 aliphatic carbocycles. The van der Waals surface area contributed by atoms with Crippen LogP contribution in [-0.4, -0.2) is 50.1 Å². The number of amides is 1. The van der Waals surface area contributed by atoms with Crippen molar-refractivity contribution in [2.75, 3.05) is 49.1 Å². The summed E-state index contributed by atoms with van der Waals surface area (Å²) in [5.41, 5.74) is 3.97. The molecule has 4 heteroatoms. The topological polar surface area (TPSA) is 26.8 Å². The highest BCUT2D eigenvalue weighted by Crippen LogP contribution is 2.28. The summed E-state index contributed by atoms with van der Waals surface area (Å²) in [5.74, 6) is 0.711. The zero-order valence-corrected chi connectivity index (χ0v) is 16.8. The molecule has 0 radical (unpaired) electrons. The van der Waals surface area contributed by atoms with E-state index in [2.05, 4.69) is 53.7 Å². The Bertz CT molecular complexity index is 597. The molecule has 0 spiro atoms. The van der Waals surface area contributed by atoms with Gasteiger partial charge in [0.05, 0.1) is 0 Å². The van der Waals surface area contributed by atoms with E-state index in [0.29, 0.717) is 11.8 Å². The molecule has 1 amide bonds. The lowest BCUT2D eigenvalue weighted by molar-refractivity contribution is -0.136. The Morgan fingerprint density at radius 2 is 1.69 bits per heavy atom. The SMILES string of the molecule is CCN(CC)c1ccc(N2CCN(C(=O)C3CCCCC3)CC2)c(C)c1. The zero-order chi connectivity index (χ0) is 18.5. The first-order valence-corrected chi connectivity index (χ1v) is 10.5. The lowest BCUT2D eigenvalue weighted by Gasteiger charge is -2.39. The molecule has 2 fully saturated rings. The van der Waals surface area contributed by atoms with E-state index in [9.17, 15) is 4.79 Å². The van der Waals surface area contributed by atoms with Crippen LogP contribution in [0.25, 0.3) is 0 Å². The van der Waals surface area contributed by atoms with Gasteiger partial charge in [0, 0.05) is 56.6 Å². The van der Waals surface area contributed by atoms with Gasteiger partial charge < -0.3 is 14.7 Å². The highest BCUT2D eigenvalue weighted by atomic mass is 16.2. The minimum atomic E-state index is 0.297. The first-order valence-electron chi connectivity index (χ1n) is 10.5. The van der Waals surface area contributed by atoms with E-state index in [0.717, 1.165) is 52.1 Å². The van der Waals surface area contributed by atoms with E-state index in [1.165, 1.54) is 36.2 Å². The lowest BCUT2D eigenvalue weighted by atomic mass is 9.88. The van der Waals surface area contributed by atoms with Gasteiger partial charge in [0.2, 0.25) is 5.91 Å². The van der Waals surface area contributed by atoms with Crippen LogP contribution in [0.15, 0.2) is 18.2 Å². The number of piperazine rings is 1. The van der Waals surface area contributed by atoms with E-state index in [1.807, 2.05) is 0 Å². The number of hydrogen-bond acceptors (Lipinski definition) is 3. The molecule has 1 aromatic rings. The van der Waals surface area contributed by atoms with Crippen molar-refractivity contribution in [3.8, 4) is 0 Å². The summed E-state index contributed by atoms with van der Waals surface area (Å²) in [6, 6.07) is 6.82. The Labute approximate surface area is 159 Å². The predicted molar refractivity (Wildman–Crippen MR) is 110 cm³/mol. The molecule has 0 atom stereocenters. The van der Waals surface area contributed by atoms with Crippen molar-refractivity contribution in [1.29, 1.82) is 0 Å². The Kier molecular flexibility index (Phi) is 6.44. The van der Waals surface area contributed by atoms with Crippen molar-refractivity contribution in [2.24, 2.45) is 5.92 Å². The quantitative estimate of drug-likeness (QED) is 0.795. The van der Waals surface area contributed by atoms with Crippen molar-refractivity contribution in [3.63, 3.8) is 0 Å². The van der Waals surface area contributed by atoms with Gasteiger partial charge in [-0.3, -0.25) is 4.79 Å². The number of benzene rings is 1. The number of anilines is 2. The van der Waals surface area contributed by atoms with Crippen LogP contribution in [0.1, 0.15) is 51.5 Å². The zero-order valence-electron chi connectivity index (χ0n) is 16.8. The van der Waals surface area contributed by atoms with Gasteiger partial charge in [0.1, 0.15) is 0 Å². The maximum atomic E-state index is 12.8. The molecule has 4 nitrogen and oxygen atoms in total. The number of nitrogens with zero attached hydrogens (tertiary/aromatic N) is 3. The van der Waals surface area contributed by atoms with Crippen LogP contribution in [0.4, 0.5) is 11.4 Å². The Morgan fingerprint density at radius 1 is 1.04 bits per heavy atom. The second-order valence-corrected chi connectivity index (χ2v) is 7.79. The average Bonchev–Trinajstić information content (AvgIpc) is 2.69. The number of carbonyl (C=O) groups is 1. The number of hydrogen-bond donors (Lipinski definition) is 0. The maximum Gasteiger partial charge on any atom is 0.225 e. The van der Waals surface area contributed by atoms with Gasteiger partial charge in [0.15, 0.2) is 0 Å². The van der Waals surface area contributed by atoms with Crippen molar-refractivity contribution in [3.05, 3.63) is 23.8 Å². The van der Waals surface area contributed by atoms with Gasteiger partial charge in [-0.05, 0) is 57.4 Å². The molecule has 0 aromatic heterocycles. The van der Waals surface area contributed by atoms with Crippen LogP contribution in [0.3, 0.4) is 0 Å². The molecule has 0 N–H and O–H groups in total. The van der Waals surface area contributed by atoms with Crippen molar-refractivity contribution in [1.82, 2.24) is 4.90 Å². The van der Waals surface area contributed by atoms with Crippen molar-refractivity contribution >= 4 is 17.3 Å². The second kappa shape index (κ2) is 8.79. The van der Waals surface area contributed by atoms with E-state index in [-0.39, 0.29) is 0 Å². The molecule has 2 aliphatic rings. The van der Waals surface area contributed by atoms with Crippen molar-refractivity contribution < 1.29 is 4.79 Å². The second-order valence-electron chi connectivity index (χ2n) is 7.79. The number of aryl methyl sites for hydroxylation is 1. The molecule has 0 bridgehead atoms. The van der Waals surface area contributed by atoms with Crippen LogP contribution < -0.4 is 9.80 Å². The molecule has 3 rings (SSSR count). The molecule has 0 unspecified atom stereocenters. The minimum absolute atomic E-state index is 0.297. The first kappa shape index (κ1) is 19.1. The standard InChI is InChI=1S/C22H35N3O/c1-4-23(5-2)20-11-12-21(18(3)17-20)24-13-15-25(16-14-24)22(26)19-9-7-6-8-10-19/h11-12,17,19H,4-10,13-16H2,1-3H3. The highest BCUT2D eigenvalue weighted by molar-refractivity contribution is 5.79. The largest absolute Gasteiger partial charge is 0.372 e. The summed E-state index contributed by atoms with van der Waals surface area (Å²) < 4.78 is 0. The lowest BCUT2D eigenvalue weighted by Crippen LogP contribution is -2.50. The molecular weight excluding hydrogens is 322 g/mol. The molecule has 1 saturated carbocycles. The normalized spacial score (nSPS) is 18.9. The van der Waals surface area contributed by atoms with Gasteiger partial charge in [-0.1, -0.05) is 19.3 Å². The first-order chi connectivity index (χ1) is 12.6. The number of rotatable bonds is 5. The summed E-state index contributed by atoms with van der Waals surface area (Å²) in [5, 5.41) is 0. The number of carbonyl (C=O) groups excluding carboxylic acids is 1. The summed E-state index contributed by atoms with van der Waals surface area (Å²) in [6.07, 6.45) is 5.97. The van der Waals surface area contributed by atoms with Crippen LogP contribution in [0.2, 0.25) is 0 Å². The van der Waals surface area contributed by atoms with Gasteiger partial charge in [0.25, 0.3) is 0 Å². The third-order valence-corrected chi connectivity index (χ3v) is 6.20. The van der Waals surface area contributed by atoms with Crippen LogP contribution >= 0.6 is 0 Å². The monoisotopic (exact) mass is 357 g/mol. The fraction of sp³-hybridized carbons (Fsp3) is 0.682. The third-order valence-electron chi connectivity index (χ3n) is 6.20. The molecule has 144 valence electrons. The summed E-state index contributed by atoms with van der Waals surface area (Å²) in [4.78, 5) is 19.7. The van der Waals surface area contributed by atoms with E-state index in [1.54, 1.807) is 0 Å². The molecule has 1 aromatic carbocycles. The Hall–Kier alpha value is -1.71. The molecule has 1 heterocycles. The molecule has 1 aliphatic heterocycles. The summed E-state index contributed by atoms with van der Waals surface area (Å²) in [6.45, 7) is 12.3. The van der Waals surface area contributed by atoms with Gasteiger partial charge >= 0.3 is 0 Å². The van der Waals surface area contributed by atoms with Crippen LogP contribution in [0.5, 0.6) is 0 Å². The average molecular weight is 358 g/mol. The fourth-order valence-electron chi connectivity index (χ4n) is 4.56. The fourth-order valence-corrected chi connectivity index (χ4v) is 4.56. The minimum Gasteiger partial charge on any atom is -0.372 e. The van der Waals surface area contributed by atoms with Crippen molar-refractivity contribution in [2.45, 2.75) is 52.9 Å². The van der Waals surface area contributed by atoms with Gasteiger partial charge in [-0.2, -0.15) is 0 Å². The summed E-state index contributed by atoms with van der Waals surface area (Å²) in [7, 11) is 0. The third kappa shape index (κ3) is 4.16. The predicted octanol–water partition coefficient (Wildman–Crippen LogP) is 4.07. The van der Waals surface area contributed by atoms with E-state index >= 15 is 0 Å². The smallest absolute Gasteiger partial charge is 0.225 e. The van der Waals surface area contributed by atoms with Crippen LogP contribution in [-0.2, 0) is 4.79 Å². The maximum absolute atomic E-state index is 12.8.